The average molecular weight is 593 g/mol. The molecular formula is C42H28N2O2. The van der Waals surface area contributed by atoms with Crippen LogP contribution in [0.4, 0.5) is 17.1 Å². The lowest BCUT2D eigenvalue weighted by Gasteiger charge is -2.30. The van der Waals surface area contributed by atoms with Crippen LogP contribution in [0.3, 0.4) is 0 Å². The van der Waals surface area contributed by atoms with Crippen molar-refractivity contribution < 1.29 is 9.47 Å². The SMILES string of the molecule is c1ccc(-c2ccc(N(c3ccc4c(c3)c3ccccc3n4-c3ccccc3)c3cccc4c3Oc3ccccc3O4)cc2)cc1. The predicted octanol–water partition coefficient (Wildman–Crippen LogP) is 11.8. The van der Waals surface area contributed by atoms with E-state index in [0.29, 0.717) is 23.0 Å². The summed E-state index contributed by atoms with van der Waals surface area (Å²) in [6.07, 6.45) is 0. The Bertz CT molecular complexity index is 2360. The van der Waals surface area contributed by atoms with E-state index in [1.54, 1.807) is 0 Å². The van der Waals surface area contributed by atoms with Gasteiger partial charge < -0.3 is 18.9 Å². The van der Waals surface area contributed by atoms with Crippen LogP contribution in [0.15, 0.2) is 170 Å². The van der Waals surface area contributed by atoms with Gasteiger partial charge in [-0.15, -0.1) is 0 Å². The Morgan fingerprint density at radius 2 is 1.02 bits per heavy atom. The first-order chi connectivity index (χ1) is 22.8. The fourth-order valence-corrected chi connectivity index (χ4v) is 6.53. The summed E-state index contributed by atoms with van der Waals surface area (Å²) in [6, 6.07) is 58.9. The van der Waals surface area contributed by atoms with E-state index in [9.17, 15) is 0 Å². The molecule has 8 aromatic rings. The maximum Gasteiger partial charge on any atom is 0.194 e. The number of fused-ring (bicyclic) bond motifs is 5. The molecule has 4 heteroatoms. The second-order valence-electron chi connectivity index (χ2n) is 11.4. The molecule has 218 valence electrons. The number of hydrogen-bond donors (Lipinski definition) is 0. The van der Waals surface area contributed by atoms with Gasteiger partial charge in [0.25, 0.3) is 0 Å². The van der Waals surface area contributed by atoms with Crippen LogP contribution in [0.25, 0.3) is 38.6 Å². The summed E-state index contributed by atoms with van der Waals surface area (Å²) >= 11 is 0. The molecule has 0 fully saturated rings. The van der Waals surface area contributed by atoms with Crippen molar-refractivity contribution in [2.24, 2.45) is 0 Å². The van der Waals surface area contributed by atoms with Crippen molar-refractivity contribution in [3.05, 3.63) is 170 Å². The smallest absolute Gasteiger partial charge is 0.194 e. The van der Waals surface area contributed by atoms with Crippen LogP contribution in [0.1, 0.15) is 0 Å². The Balaban J connectivity index is 1.25. The first kappa shape index (κ1) is 26.2. The fraction of sp³-hybridized carbons (Fsp3) is 0. The van der Waals surface area contributed by atoms with Gasteiger partial charge >= 0.3 is 0 Å². The Kier molecular flexibility index (Phi) is 6.10. The maximum atomic E-state index is 6.57. The average Bonchev–Trinajstić information content (AvgIpc) is 3.46. The topological polar surface area (TPSA) is 26.6 Å². The second kappa shape index (κ2) is 10.7. The molecule has 0 aliphatic carbocycles. The molecule has 1 aromatic heterocycles. The summed E-state index contributed by atoms with van der Waals surface area (Å²) < 4.78 is 15.3. The van der Waals surface area contributed by atoms with Gasteiger partial charge in [0.15, 0.2) is 23.0 Å². The van der Waals surface area contributed by atoms with Gasteiger partial charge in [0.1, 0.15) is 0 Å². The molecular weight excluding hydrogens is 564 g/mol. The lowest BCUT2D eigenvalue weighted by Crippen LogP contribution is -2.12. The van der Waals surface area contributed by atoms with Crippen LogP contribution in [0.2, 0.25) is 0 Å². The molecule has 0 bridgehead atoms. The standard InChI is InChI=1S/C42H28N2O2/c1-3-12-29(13-4-1)30-22-24-32(25-23-30)43(38-18-11-21-41-42(38)46-40-20-10-9-19-39(40)45-41)33-26-27-37-35(28-33)34-16-7-8-17-36(34)44(37)31-14-5-2-6-15-31/h1-28H. The van der Waals surface area contributed by atoms with Crippen LogP contribution in [0, 0.1) is 0 Å². The van der Waals surface area contributed by atoms with Crippen LogP contribution in [-0.2, 0) is 0 Å². The van der Waals surface area contributed by atoms with Crippen molar-refractivity contribution in [3.63, 3.8) is 0 Å². The second-order valence-corrected chi connectivity index (χ2v) is 11.4. The highest BCUT2D eigenvalue weighted by molar-refractivity contribution is 6.10. The van der Waals surface area contributed by atoms with Crippen molar-refractivity contribution in [1.29, 1.82) is 0 Å². The number of rotatable bonds is 5. The summed E-state index contributed by atoms with van der Waals surface area (Å²) in [5.41, 5.74) is 8.73. The molecule has 0 unspecified atom stereocenters. The van der Waals surface area contributed by atoms with Gasteiger partial charge in [-0.05, 0) is 83.9 Å². The minimum Gasteiger partial charge on any atom is -0.449 e. The van der Waals surface area contributed by atoms with Crippen molar-refractivity contribution in [2.45, 2.75) is 0 Å². The van der Waals surface area contributed by atoms with Gasteiger partial charge in [0.2, 0.25) is 0 Å². The Morgan fingerprint density at radius 3 is 1.83 bits per heavy atom. The molecule has 2 heterocycles. The van der Waals surface area contributed by atoms with Crippen molar-refractivity contribution >= 4 is 38.9 Å². The van der Waals surface area contributed by atoms with Gasteiger partial charge in [-0.3, -0.25) is 0 Å². The van der Waals surface area contributed by atoms with E-state index in [2.05, 4.69) is 137 Å². The Hall–Kier alpha value is -6.26. The highest BCUT2D eigenvalue weighted by Gasteiger charge is 2.26. The van der Waals surface area contributed by atoms with E-state index in [1.807, 2.05) is 42.5 Å². The largest absolute Gasteiger partial charge is 0.449 e. The molecule has 46 heavy (non-hydrogen) atoms. The van der Waals surface area contributed by atoms with Crippen molar-refractivity contribution in [3.8, 4) is 39.8 Å². The van der Waals surface area contributed by atoms with Crippen LogP contribution < -0.4 is 14.4 Å². The first-order valence-corrected chi connectivity index (χ1v) is 15.4. The lowest BCUT2D eigenvalue weighted by molar-refractivity contribution is 0.360. The Morgan fingerprint density at radius 1 is 0.413 bits per heavy atom. The van der Waals surface area contributed by atoms with Gasteiger partial charge in [0, 0.05) is 27.8 Å². The third-order valence-electron chi connectivity index (χ3n) is 8.64. The monoisotopic (exact) mass is 592 g/mol. The number of anilines is 3. The van der Waals surface area contributed by atoms with Crippen molar-refractivity contribution in [1.82, 2.24) is 4.57 Å². The molecule has 0 spiro atoms. The minimum atomic E-state index is 0.681. The molecule has 7 aromatic carbocycles. The third kappa shape index (κ3) is 4.31. The fourth-order valence-electron chi connectivity index (χ4n) is 6.53. The van der Waals surface area contributed by atoms with E-state index in [4.69, 9.17) is 9.47 Å². The summed E-state index contributed by atoms with van der Waals surface area (Å²) in [6.45, 7) is 0. The van der Waals surface area contributed by atoms with E-state index < -0.39 is 0 Å². The highest BCUT2D eigenvalue weighted by atomic mass is 16.6. The van der Waals surface area contributed by atoms with Crippen LogP contribution >= 0.6 is 0 Å². The molecule has 4 nitrogen and oxygen atoms in total. The summed E-state index contributed by atoms with van der Waals surface area (Å²) in [5, 5.41) is 2.38. The van der Waals surface area contributed by atoms with E-state index in [0.717, 1.165) is 33.8 Å². The number of nitrogens with zero attached hydrogens (tertiary/aromatic N) is 2. The summed E-state index contributed by atoms with van der Waals surface area (Å²) in [4.78, 5) is 2.26. The number of para-hydroxylation sites is 5. The molecule has 1 aliphatic rings. The zero-order chi connectivity index (χ0) is 30.5. The molecule has 0 amide bonds. The van der Waals surface area contributed by atoms with Gasteiger partial charge in [-0.1, -0.05) is 97.1 Å². The molecule has 0 atom stereocenters. The van der Waals surface area contributed by atoms with Crippen molar-refractivity contribution in [2.75, 3.05) is 4.90 Å². The zero-order valence-electron chi connectivity index (χ0n) is 24.9. The highest BCUT2D eigenvalue weighted by Crippen LogP contribution is 2.52. The van der Waals surface area contributed by atoms with Gasteiger partial charge in [-0.2, -0.15) is 0 Å². The number of aromatic nitrogens is 1. The first-order valence-electron chi connectivity index (χ1n) is 15.4. The lowest BCUT2D eigenvalue weighted by atomic mass is 10.0. The molecule has 1 aliphatic heterocycles. The molecule has 0 saturated heterocycles. The normalized spacial score (nSPS) is 11.8. The number of benzene rings is 7. The predicted molar refractivity (Wildman–Crippen MR) is 187 cm³/mol. The Labute approximate surface area is 266 Å². The van der Waals surface area contributed by atoms with E-state index in [1.165, 1.54) is 21.9 Å². The maximum absolute atomic E-state index is 6.57. The molecule has 0 saturated carbocycles. The third-order valence-corrected chi connectivity index (χ3v) is 8.64. The number of ether oxygens (including phenoxy) is 2. The summed E-state index contributed by atoms with van der Waals surface area (Å²) in [7, 11) is 0. The van der Waals surface area contributed by atoms with Gasteiger partial charge in [-0.25, -0.2) is 0 Å². The summed E-state index contributed by atoms with van der Waals surface area (Å²) in [5.74, 6) is 2.77. The molecule has 9 rings (SSSR count). The molecule has 0 radical (unpaired) electrons. The van der Waals surface area contributed by atoms with E-state index >= 15 is 0 Å². The van der Waals surface area contributed by atoms with Crippen LogP contribution in [-0.4, -0.2) is 4.57 Å². The van der Waals surface area contributed by atoms with E-state index in [-0.39, 0.29) is 0 Å². The zero-order valence-corrected chi connectivity index (χ0v) is 24.9. The quantitative estimate of drug-likeness (QED) is 0.199. The van der Waals surface area contributed by atoms with Gasteiger partial charge in [0.05, 0.1) is 16.7 Å². The minimum absolute atomic E-state index is 0.681. The number of hydrogen-bond acceptors (Lipinski definition) is 3. The van der Waals surface area contributed by atoms with Crippen LogP contribution in [0.5, 0.6) is 23.0 Å². The molecule has 0 N–H and O–H groups in total.